The van der Waals surface area contributed by atoms with Gasteiger partial charge in [-0.1, -0.05) is 6.42 Å². The van der Waals surface area contributed by atoms with Crippen molar-refractivity contribution >= 4 is 36.0 Å². The van der Waals surface area contributed by atoms with Crippen molar-refractivity contribution in [3.8, 4) is 0 Å². The highest BCUT2D eigenvalue weighted by molar-refractivity contribution is 14.0. The molecular formula is C19H32IN7O2. The Morgan fingerprint density at radius 2 is 2.00 bits per heavy atom. The summed E-state index contributed by atoms with van der Waals surface area (Å²) in [7, 11) is 0. The Morgan fingerprint density at radius 1 is 1.17 bits per heavy atom. The number of piperazine rings is 1. The number of amides is 1. The molecule has 0 bridgehead atoms. The van der Waals surface area contributed by atoms with Crippen molar-refractivity contribution in [2.75, 3.05) is 26.2 Å². The van der Waals surface area contributed by atoms with E-state index in [0.29, 0.717) is 26.2 Å². The van der Waals surface area contributed by atoms with Crippen LogP contribution in [-0.4, -0.2) is 74.4 Å². The number of halogens is 1. The van der Waals surface area contributed by atoms with E-state index in [0.717, 1.165) is 37.1 Å². The van der Waals surface area contributed by atoms with Crippen LogP contribution in [-0.2, 0) is 24.2 Å². The van der Waals surface area contributed by atoms with Crippen LogP contribution < -0.4 is 5.32 Å². The van der Waals surface area contributed by atoms with Crippen LogP contribution in [0.1, 0.15) is 51.7 Å². The SMILES string of the molecule is CC(C)(C)OC(=O)N1CCN2C(NCc3nnc4n3CCCCC4)=NCC2C1.I. The smallest absolute Gasteiger partial charge is 0.410 e. The van der Waals surface area contributed by atoms with Crippen LogP contribution in [0.2, 0.25) is 0 Å². The lowest BCUT2D eigenvalue weighted by atomic mass is 10.2. The second kappa shape index (κ2) is 9.05. The third-order valence-corrected chi connectivity index (χ3v) is 5.45. The summed E-state index contributed by atoms with van der Waals surface area (Å²) in [6.07, 6.45) is 4.42. The Labute approximate surface area is 189 Å². The molecule has 0 spiro atoms. The minimum atomic E-state index is -0.469. The van der Waals surface area contributed by atoms with E-state index in [4.69, 9.17) is 4.74 Å². The molecule has 10 heteroatoms. The van der Waals surface area contributed by atoms with E-state index in [-0.39, 0.29) is 36.1 Å². The number of carbonyl (C=O) groups excluding carboxylic acids is 1. The summed E-state index contributed by atoms with van der Waals surface area (Å²) < 4.78 is 7.77. The minimum Gasteiger partial charge on any atom is -0.444 e. The monoisotopic (exact) mass is 517 g/mol. The fraction of sp³-hybridized carbons (Fsp3) is 0.789. The number of aryl methyl sites for hydroxylation is 1. The van der Waals surface area contributed by atoms with Crippen molar-refractivity contribution in [3.63, 3.8) is 0 Å². The van der Waals surface area contributed by atoms with Crippen LogP contribution in [0.4, 0.5) is 4.79 Å². The first-order chi connectivity index (χ1) is 13.4. The zero-order valence-corrected chi connectivity index (χ0v) is 19.9. The third-order valence-electron chi connectivity index (χ3n) is 5.45. The van der Waals surface area contributed by atoms with E-state index in [1.165, 1.54) is 19.3 Å². The summed E-state index contributed by atoms with van der Waals surface area (Å²) in [5.74, 6) is 2.99. The summed E-state index contributed by atoms with van der Waals surface area (Å²) in [6.45, 7) is 10.1. The van der Waals surface area contributed by atoms with Crippen molar-refractivity contribution in [3.05, 3.63) is 11.6 Å². The van der Waals surface area contributed by atoms with Crippen molar-refractivity contribution in [2.45, 2.75) is 71.2 Å². The molecule has 1 aromatic heterocycles. The van der Waals surface area contributed by atoms with E-state index < -0.39 is 5.60 Å². The topological polar surface area (TPSA) is 87.9 Å². The molecule has 0 aliphatic carbocycles. The summed E-state index contributed by atoms with van der Waals surface area (Å²) in [5.41, 5.74) is -0.469. The molecule has 1 unspecified atom stereocenters. The Balaban J connectivity index is 0.00000240. The maximum atomic E-state index is 12.3. The number of aliphatic imine (C=N–C) groups is 1. The highest BCUT2D eigenvalue weighted by atomic mass is 127. The van der Waals surface area contributed by atoms with E-state index in [9.17, 15) is 4.79 Å². The molecule has 0 aromatic carbocycles. The zero-order valence-electron chi connectivity index (χ0n) is 17.6. The number of hydrogen-bond acceptors (Lipinski definition) is 7. The van der Waals surface area contributed by atoms with Crippen LogP contribution in [0.3, 0.4) is 0 Å². The molecule has 1 fully saturated rings. The highest BCUT2D eigenvalue weighted by Crippen LogP contribution is 2.19. The summed E-state index contributed by atoms with van der Waals surface area (Å²) in [5, 5.41) is 12.2. The number of nitrogens with zero attached hydrogens (tertiary/aromatic N) is 6. The number of aromatic nitrogens is 3. The number of rotatable bonds is 2. The fourth-order valence-corrected chi connectivity index (χ4v) is 4.06. The van der Waals surface area contributed by atoms with Gasteiger partial charge in [-0.2, -0.15) is 0 Å². The molecule has 1 aromatic rings. The predicted molar refractivity (Wildman–Crippen MR) is 120 cm³/mol. The predicted octanol–water partition coefficient (Wildman–Crippen LogP) is 2.00. The van der Waals surface area contributed by atoms with Gasteiger partial charge in [0.25, 0.3) is 0 Å². The van der Waals surface area contributed by atoms with E-state index in [1.807, 2.05) is 20.8 Å². The molecular weight excluding hydrogens is 485 g/mol. The normalized spacial score (nSPS) is 21.5. The molecule has 0 radical (unpaired) electrons. The molecule has 3 aliphatic rings. The molecule has 4 rings (SSSR count). The van der Waals surface area contributed by atoms with Crippen LogP contribution in [0.5, 0.6) is 0 Å². The quantitative estimate of drug-likeness (QED) is 0.605. The maximum Gasteiger partial charge on any atom is 0.410 e. The lowest BCUT2D eigenvalue weighted by Crippen LogP contribution is -2.57. The van der Waals surface area contributed by atoms with Gasteiger partial charge in [-0.3, -0.25) is 4.99 Å². The first kappa shape index (κ1) is 22.1. The number of guanidine groups is 1. The lowest BCUT2D eigenvalue weighted by Gasteiger charge is -2.39. The number of nitrogens with one attached hydrogen (secondary N) is 1. The van der Waals surface area contributed by atoms with Crippen molar-refractivity contribution in [1.29, 1.82) is 0 Å². The Kier molecular flexibility index (Phi) is 6.90. The zero-order chi connectivity index (χ0) is 19.7. The van der Waals surface area contributed by atoms with Gasteiger partial charge in [0.05, 0.1) is 19.1 Å². The molecule has 1 N–H and O–H groups in total. The van der Waals surface area contributed by atoms with Gasteiger partial charge in [-0.25, -0.2) is 4.79 Å². The summed E-state index contributed by atoms with van der Waals surface area (Å²) in [4.78, 5) is 21.1. The number of fused-ring (bicyclic) bond motifs is 2. The van der Waals surface area contributed by atoms with Crippen LogP contribution >= 0.6 is 24.0 Å². The average Bonchev–Trinajstić information content (AvgIpc) is 3.14. The Bertz CT molecular complexity index is 758. The van der Waals surface area contributed by atoms with Gasteiger partial charge in [0.1, 0.15) is 11.4 Å². The van der Waals surface area contributed by atoms with E-state index in [1.54, 1.807) is 4.90 Å². The highest BCUT2D eigenvalue weighted by Gasteiger charge is 2.36. The first-order valence-electron chi connectivity index (χ1n) is 10.3. The minimum absolute atomic E-state index is 0. The van der Waals surface area contributed by atoms with Gasteiger partial charge in [0.15, 0.2) is 11.8 Å². The van der Waals surface area contributed by atoms with Crippen molar-refractivity contribution in [1.82, 2.24) is 29.9 Å². The molecule has 29 heavy (non-hydrogen) atoms. The van der Waals surface area contributed by atoms with Gasteiger partial charge in [-0.05, 0) is 33.6 Å². The second-order valence-electron chi connectivity index (χ2n) is 8.79. The van der Waals surface area contributed by atoms with Crippen LogP contribution in [0, 0.1) is 0 Å². The van der Waals surface area contributed by atoms with Crippen molar-refractivity contribution in [2.24, 2.45) is 4.99 Å². The molecule has 1 amide bonds. The third kappa shape index (κ3) is 5.13. The Hall–Kier alpha value is -1.59. The van der Waals surface area contributed by atoms with Crippen molar-refractivity contribution < 1.29 is 9.53 Å². The van der Waals surface area contributed by atoms with Crippen LogP contribution in [0.15, 0.2) is 4.99 Å². The number of hydrogen-bond donors (Lipinski definition) is 1. The molecule has 1 atom stereocenters. The summed E-state index contributed by atoms with van der Waals surface area (Å²) >= 11 is 0. The first-order valence-corrected chi connectivity index (χ1v) is 10.3. The van der Waals surface area contributed by atoms with Crippen LogP contribution in [0.25, 0.3) is 0 Å². The molecule has 3 aliphatic heterocycles. The van der Waals surface area contributed by atoms with Gasteiger partial charge in [-0.15, -0.1) is 34.2 Å². The maximum absolute atomic E-state index is 12.3. The Morgan fingerprint density at radius 3 is 2.79 bits per heavy atom. The van der Waals surface area contributed by atoms with Gasteiger partial charge in [0.2, 0.25) is 0 Å². The fourth-order valence-electron chi connectivity index (χ4n) is 4.06. The molecule has 162 valence electrons. The standard InChI is InChI=1S/C19H31N7O2.HI/c1-19(2,3)28-18(27)24-9-10-25-14(13-24)11-20-17(25)21-12-16-23-22-15-7-5-4-6-8-26(15)16;/h14H,4-13H2,1-3H3,(H,20,21);1H. The number of ether oxygens (including phenoxy) is 1. The summed E-state index contributed by atoms with van der Waals surface area (Å²) in [6, 6.07) is 0.208. The lowest BCUT2D eigenvalue weighted by molar-refractivity contribution is 0.0137. The number of carbonyl (C=O) groups is 1. The molecule has 0 saturated carbocycles. The average molecular weight is 517 g/mol. The second-order valence-corrected chi connectivity index (χ2v) is 8.79. The van der Waals surface area contributed by atoms with Gasteiger partial charge in [0, 0.05) is 32.6 Å². The largest absolute Gasteiger partial charge is 0.444 e. The molecule has 4 heterocycles. The van der Waals surface area contributed by atoms with Gasteiger partial charge < -0.3 is 24.4 Å². The molecule has 1 saturated heterocycles. The molecule has 9 nitrogen and oxygen atoms in total. The van der Waals surface area contributed by atoms with Gasteiger partial charge >= 0.3 is 6.09 Å². The van der Waals surface area contributed by atoms with E-state index in [2.05, 4.69) is 30.0 Å². The van der Waals surface area contributed by atoms with E-state index >= 15 is 0 Å².